The number of pyridine rings is 2. The molecule has 6 aromatic rings. The van der Waals surface area contributed by atoms with Gasteiger partial charge < -0.3 is 4.40 Å². The Morgan fingerprint density at radius 1 is 0.882 bits per heavy atom. The topological polar surface area (TPSA) is 8.29 Å². The van der Waals surface area contributed by atoms with Crippen LogP contribution in [0.15, 0.2) is 48.7 Å². The van der Waals surface area contributed by atoms with Gasteiger partial charge in [-0.05, 0) is 77.4 Å². The van der Waals surface area contributed by atoms with Crippen molar-refractivity contribution in [1.82, 2.24) is 4.40 Å². The van der Waals surface area contributed by atoms with Crippen molar-refractivity contribution in [2.75, 3.05) is 0 Å². The van der Waals surface area contributed by atoms with Crippen molar-refractivity contribution >= 4 is 49.0 Å². The Kier molecular flexibility index (Phi) is 4.37. The molecule has 0 spiro atoms. The summed E-state index contributed by atoms with van der Waals surface area (Å²) in [6, 6.07) is 16.7. The minimum Gasteiger partial charge on any atom is -0.307 e. The van der Waals surface area contributed by atoms with Gasteiger partial charge in [-0.2, -0.15) is 0 Å². The summed E-state index contributed by atoms with van der Waals surface area (Å²) in [5, 5.41) is 6.83. The molecule has 0 unspecified atom stereocenters. The average molecular weight is 448 g/mol. The van der Waals surface area contributed by atoms with E-state index < -0.39 is 0 Å². The molecule has 6 rings (SSSR count). The van der Waals surface area contributed by atoms with Crippen LogP contribution in [0.4, 0.5) is 0 Å². The van der Waals surface area contributed by atoms with Crippen molar-refractivity contribution in [2.24, 2.45) is 12.5 Å². The third-order valence-electron chi connectivity index (χ3n) is 7.75. The number of rotatable bonds is 2. The van der Waals surface area contributed by atoms with E-state index in [0.29, 0.717) is 5.92 Å². The number of benzene rings is 3. The first-order chi connectivity index (χ1) is 16.0. The van der Waals surface area contributed by atoms with Crippen LogP contribution in [0.1, 0.15) is 62.8 Å². The molecule has 0 saturated heterocycles. The SMILES string of the molecule is Cc1cc2c3ccc(C(C)C)cc3n3c4cc(CC(C)(C)C)cc5cc[n+](C)c(c(c1C)c23)c54. The second kappa shape index (κ2) is 6.95. The van der Waals surface area contributed by atoms with Crippen molar-refractivity contribution in [1.29, 1.82) is 0 Å². The zero-order chi connectivity index (χ0) is 24.1. The van der Waals surface area contributed by atoms with Crippen LogP contribution in [0.25, 0.3) is 49.0 Å². The molecule has 0 aliphatic carbocycles. The van der Waals surface area contributed by atoms with Gasteiger partial charge in [-0.3, -0.25) is 0 Å². The normalized spacial score (nSPS) is 13.1. The van der Waals surface area contributed by atoms with Gasteiger partial charge in [-0.1, -0.05) is 52.8 Å². The Bertz CT molecular complexity index is 1760. The molecule has 3 aromatic heterocycles. The largest absolute Gasteiger partial charge is 0.307 e. The zero-order valence-electron chi connectivity index (χ0n) is 21.8. The molecule has 0 bridgehead atoms. The van der Waals surface area contributed by atoms with Crippen molar-refractivity contribution in [3.05, 3.63) is 70.9 Å². The Labute approximate surface area is 202 Å². The first-order valence-electron chi connectivity index (χ1n) is 12.6. The van der Waals surface area contributed by atoms with E-state index >= 15 is 0 Å². The average Bonchev–Trinajstić information content (AvgIpc) is 3.07. The van der Waals surface area contributed by atoms with Gasteiger partial charge in [0.2, 0.25) is 5.52 Å². The van der Waals surface area contributed by atoms with Gasteiger partial charge in [-0.15, -0.1) is 0 Å². The standard InChI is InChI=1S/C32H35N2/c1-18(2)22-9-10-24-25-13-19(3)20(4)28-30(25)34(26(24)16-22)27-15-21(17-32(5,6)7)14-23-11-12-33(8)31(28)29(23)27/h9-16,18H,17H2,1-8H3/q+1. The number of nitrogens with zero attached hydrogens (tertiary/aromatic N) is 2. The summed E-state index contributed by atoms with van der Waals surface area (Å²) in [7, 11) is 2.20. The maximum atomic E-state index is 2.58. The molecule has 172 valence electrons. The molecule has 3 heterocycles. The second-order valence-corrected chi connectivity index (χ2v) is 11.9. The fourth-order valence-corrected chi connectivity index (χ4v) is 6.05. The van der Waals surface area contributed by atoms with Crippen molar-refractivity contribution < 1.29 is 4.57 Å². The molecule has 3 aromatic carbocycles. The molecule has 0 aliphatic heterocycles. The molecule has 0 amide bonds. The highest BCUT2D eigenvalue weighted by atomic mass is 15.0. The van der Waals surface area contributed by atoms with Crippen LogP contribution in [0, 0.1) is 19.3 Å². The Morgan fingerprint density at radius 2 is 1.65 bits per heavy atom. The summed E-state index contributed by atoms with van der Waals surface area (Å²) in [4.78, 5) is 0. The van der Waals surface area contributed by atoms with Gasteiger partial charge in [-0.25, -0.2) is 4.57 Å². The van der Waals surface area contributed by atoms with Crippen LogP contribution in [0.2, 0.25) is 0 Å². The van der Waals surface area contributed by atoms with Crippen molar-refractivity contribution in [3.8, 4) is 0 Å². The van der Waals surface area contributed by atoms with Gasteiger partial charge in [0.25, 0.3) is 0 Å². The van der Waals surface area contributed by atoms with Crippen molar-refractivity contribution in [2.45, 2.75) is 60.8 Å². The maximum Gasteiger partial charge on any atom is 0.224 e. The summed E-state index contributed by atoms with van der Waals surface area (Å²) < 4.78 is 4.91. The third kappa shape index (κ3) is 2.90. The number of hydrogen-bond acceptors (Lipinski definition) is 0. The molecule has 0 fully saturated rings. The predicted octanol–water partition coefficient (Wildman–Crippen LogP) is 8.14. The van der Waals surface area contributed by atoms with E-state index in [9.17, 15) is 0 Å². The Morgan fingerprint density at radius 3 is 2.35 bits per heavy atom. The predicted molar refractivity (Wildman–Crippen MR) is 147 cm³/mol. The highest BCUT2D eigenvalue weighted by Gasteiger charge is 2.25. The summed E-state index contributed by atoms with van der Waals surface area (Å²) in [5.41, 5.74) is 11.2. The summed E-state index contributed by atoms with van der Waals surface area (Å²) in [6.45, 7) is 16.1. The molecule has 0 N–H and O–H groups in total. The minimum atomic E-state index is 0.238. The molecule has 34 heavy (non-hydrogen) atoms. The maximum absolute atomic E-state index is 2.58. The summed E-state index contributed by atoms with van der Waals surface area (Å²) >= 11 is 0. The van der Waals surface area contributed by atoms with E-state index in [2.05, 4.69) is 113 Å². The molecular weight excluding hydrogens is 412 g/mol. The highest BCUT2D eigenvalue weighted by Crippen LogP contribution is 2.42. The van der Waals surface area contributed by atoms with E-state index in [1.54, 1.807) is 0 Å². The van der Waals surface area contributed by atoms with Gasteiger partial charge in [0, 0.05) is 16.8 Å². The van der Waals surface area contributed by atoms with E-state index in [0.717, 1.165) is 6.42 Å². The van der Waals surface area contributed by atoms with Crippen LogP contribution >= 0.6 is 0 Å². The highest BCUT2D eigenvalue weighted by molar-refractivity contribution is 6.26. The Balaban J connectivity index is 1.96. The van der Waals surface area contributed by atoms with Crippen LogP contribution in [-0.2, 0) is 13.5 Å². The minimum absolute atomic E-state index is 0.238. The molecule has 0 atom stereocenters. The van der Waals surface area contributed by atoms with Crippen molar-refractivity contribution in [3.63, 3.8) is 0 Å². The quantitative estimate of drug-likeness (QED) is 0.144. The molecule has 2 nitrogen and oxygen atoms in total. The van der Waals surface area contributed by atoms with E-state index in [-0.39, 0.29) is 5.41 Å². The number of aromatic nitrogens is 2. The lowest BCUT2D eigenvalue weighted by Gasteiger charge is -2.20. The fourth-order valence-electron chi connectivity index (χ4n) is 6.05. The van der Waals surface area contributed by atoms with E-state index in [1.807, 2.05) is 0 Å². The fraction of sp³-hybridized carbons (Fsp3) is 0.344. The van der Waals surface area contributed by atoms with E-state index in [4.69, 9.17) is 0 Å². The van der Waals surface area contributed by atoms with Gasteiger partial charge in [0.1, 0.15) is 7.05 Å². The molecule has 0 radical (unpaired) electrons. The van der Waals surface area contributed by atoms with Crippen LogP contribution in [-0.4, -0.2) is 4.40 Å². The number of aryl methyl sites for hydroxylation is 3. The Hall–Kier alpha value is -3.13. The first-order valence-corrected chi connectivity index (χ1v) is 12.6. The van der Waals surface area contributed by atoms with E-state index in [1.165, 1.54) is 71.3 Å². The molecule has 2 heteroatoms. The lowest BCUT2D eigenvalue weighted by atomic mass is 9.87. The number of hydrogen-bond donors (Lipinski definition) is 0. The van der Waals surface area contributed by atoms with Gasteiger partial charge in [0.15, 0.2) is 6.20 Å². The lowest BCUT2D eigenvalue weighted by molar-refractivity contribution is -0.643. The van der Waals surface area contributed by atoms with Crippen LogP contribution in [0.3, 0.4) is 0 Å². The monoisotopic (exact) mass is 447 g/mol. The number of fused-ring (bicyclic) bond motifs is 5. The molecular formula is C32H35N2+. The lowest BCUT2D eigenvalue weighted by Crippen LogP contribution is -2.29. The summed E-state index contributed by atoms with van der Waals surface area (Å²) in [5.74, 6) is 0.499. The third-order valence-corrected chi connectivity index (χ3v) is 7.75. The zero-order valence-corrected chi connectivity index (χ0v) is 21.8. The first kappa shape index (κ1) is 21.4. The second-order valence-electron chi connectivity index (χ2n) is 11.9. The van der Waals surface area contributed by atoms with Gasteiger partial charge in [0.05, 0.1) is 27.3 Å². The summed E-state index contributed by atoms with van der Waals surface area (Å²) in [6.07, 6.45) is 3.30. The van der Waals surface area contributed by atoms with Crippen LogP contribution < -0.4 is 4.57 Å². The molecule has 0 saturated carbocycles. The molecule has 0 aliphatic rings. The smallest absolute Gasteiger partial charge is 0.224 e. The van der Waals surface area contributed by atoms with Gasteiger partial charge >= 0.3 is 0 Å². The van der Waals surface area contributed by atoms with Crippen LogP contribution in [0.5, 0.6) is 0 Å².